The molecule has 1 atom stereocenters. The third-order valence-electron chi connectivity index (χ3n) is 3.70. The molecule has 1 N–H and O–H groups in total. The van der Waals surface area contributed by atoms with Gasteiger partial charge in [0.1, 0.15) is 0 Å². The van der Waals surface area contributed by atoms with Crippen molar-refractivity contribution in [3.8, 4) is 0 Å². The summed E-state index contributed by atoms with van der Waals surface area (Å²) in [6.07, 6.45) is 1.96. The van der Waals surface area contributed by atoms with Crippen molar-refractivity contribution in [1.29, 1.82) is 0 Å². The molecule has 106 valence electrons. The van der Waals surface area contributed by atoms with E-state index in [4.69, 9.17) is 0 Å². The third-order valence-corrected chi connectivity index (χ3v) is 4.42. The molecule has 1 heterocycles. The number of hydrogen-bond donors (Lipinski definition) is 1. The smallest absolute Gasteiger partial charge is 0.0702 e. The molecular formula is C18H17BrN2. The van der Waals surface area contributed by atoms with Crippen LogP contribution in [0, 0.1) is 6.92 Å². The Labute approximate surface area is 133 Å². The SMILES string of the molecule is CNC(c1cnc2ccccc2c1)c1cc(C)ccc1Br. The van der Waals surface area contributed by atoms with Gasteiger partial charge in [0.05, 0.1) is 11.6 Å². The molecule has 0 radical (unpaired) electrons. The van der Waals surface area contributed by atoms with Gasteiger partial charge in [0.15, 0.2) is 0 Å². The maximum Gasteiger partial charge on any atom is 0.0702 e. The average Bonchev–Trinajstić information content (AvgIpc) is 2.51. The van der Waals surface area contributed by atoms with E-state index in [0.29, 0.717) is 0 Å². The first-order chi connectivity index (χ1) is 10.2. The molecule has 1 unspecified atom stereocenters. The van der Waals surface area contributed by atoms with E-state index in [1.165, 1.54) is 22.1 Å². The lowest BCUT2D eigenvalue weighted by atomic mass is 9.97. The molecule has 0 saturated heterocycles. The van der Waals surface area contributed by atoms with Crippen molar-refractivity contribution in [2.24, 2.45) is 0 Å². The van der Waals surface area contributed by atoms with Crippen molar-refractivity contribution in [2.75, 3.05) is 7.05 Å². The second kappa shape index (κ2) is 5.96. The quantitative estimate of drug-likeness (QED) is 0.752. The van der Waals surface area contributed by atoms with Crippen LogP contribution in [0.1, 0.15) is 22.7 Å². The average molecular weight is 341 g/mol. The largest absolute Gasteiger partial charge is 0.309 e. The highest BCUT2D eigenvalue weighted by molar-refractivity contribution is 9.10. The molecule has 21 heavy (non-hydrogen) atoms. The summed E-state index contributed by atoms with van der Waals surface area (Å²) in [6, 6.07) is 16.9. The maximum atomic E-state index is 4.57. The first-order valence-electron chi connectivity index (χ1n) is 6.97. The molecule has 1 aromatic heterocycles. The van der Waals surface area contributed by atoms with Gasteiger partial charge in [-0.1, -0.05) is 51.8 Å². The van der Waals surface area contributed by atoms with E-state index in [2.05, 4.69) is 63.5 Å². The van der Waals surface area contributed by atoms with Crippen LogP contribution in [0.4, 0.5) is 0 Å². The van der Waals surface area contributed by atoms with Gasteiger partial charge in [-0.25, -0.2) is 0 Å². The Hall–Kier alpha value is -1.71. The summed E-state index contributed by atoms with van der Waals surface area (Å²) in [5.74, 6) is 0. The molecule has 0 aliphatic carbocycles. The number of halogens is 1. The van der Waals surface area contributed by atoms with Crippen LogP contribution in [-0.4, -0.2) is 12.0 Å². The van der Waals surface area contributed by atoms with Crippen LogP contribution < -0.4 is 5.32 Å². The van der Waals surface area contributed by atoms with Gasteiger partial charge in [-0.2, -0.15) is 0 Å². The van der Waals surface area contributed by atoms with Crippen LogP contribution in [0.25, 0.3) is 10.9 Å². The first kappa shape index (κ1) is 14.2. The Bertz CT molecular complexity index is 783. The molecule has 0 aliphatic heterocycles. The molecule has 3 rings (SSSR count). The lowest BCUT2D eigenvalue weighted by Gasteiger charge is -2.19. The molecular weight excluding hydrogens is 324 g/mol. The van der Waals surface area contributed by atoms with Gasteiger partial charge in [-0.3, -0.25) is 4.98 Å². The van der Waals surface area contributed by atoms with Crippen LogP contribution in [0.15, 0.2) is 59.2 Å². The van der Waals surface area contributed by atoms with E-state index in [9.17, 15) is 0 Å². The van der Waals surface area contributed by atoms with E-state index in [0.717, 1.165) is 9.99 Å². The molecule has 3 heteroatoms. The maximum absolute atomic E-state index is 4.57. The minimum atomic E-state index is 0.122. The van der Waals surface area contributed by atoms with Crippen LogP contribution in [0.2, 0.25) is 0 Å². The van der Waals surface area contributed by atoms with Crippen LogP contribution >= 0.6 is 15.9 Å². The summed E-state index contributed by atoms with van der Waals surface area (Å²) in [5, 5.41) is 4.56. The Balaban J connectivity index is 2.11. The van der Waals surface area contributed by atoms with Crippen molar-refractivity contribution in [2.45, 2.75) is 13.0 Å². The normalized spacial score (nSPS) is 12.5. The Morgan fingerprint density at radius 1 is 1.10 bits per heavy atom. The minimum Gasteiger partial charge on any atom is -0.309 e. The highest BCUT2D eigenvalue weighted by Gasteiger charge is 2.16. The second-order valence-corrected chi connectivity index (χ2v) is 6.06. The molecule has 0 amide bonds. The van der Waals surface area contributed by atoms with Crippen molar-refractivity contribution in [3.63, 3.8) is 0 Å². The molecule has 2 aromatic carbocycles. The Morgan fingerprint density at radius 3 is 2.71 bits per heavy atom. The number of nitrogens with zero attached hydrogens (tertiary/aromatic N) is 1. The fourth-order valence-corrected chi connectivity index (χ4v) is 3.11. The zero-order chi connectivity index (χ0) is 14.8. The number of aromatic nitrogens is 1. The summed E-state index contributed by atoms with van der Waals surface area (Å²) < 4.78 is 1.11. The van der Waals surface area contributed by atoms with Gasteiger partial charge in [-0.05, 0) is 43.3 Å². The van der Waals surface area contributed by atoms with Crippen LogP contribution in [0.3, 0.4) is 0 Å². The number of aryl methyl sites for hydroxylation is 1. The molecule has 0 aliphatic rings. The Kier molecular flexibility index (Phi) is 4.04. The zero-order valence-electron chi connectivity index (χ0n) is 12.1. The fourth-order valence-electron chi connectivity index (χ4n) is 2.63. The summed E-state index contributed by atoms with van der Waals surface area (Å²) >= 11 is 3.66. The summed E-state index contributed by atoms with van der Waals surface area (Å²) in [7, 11) is 1.98. The number of pyridine rings is 1. The number of fused-ring (bicyclic) bond motifs is 1. The van der Waals surface area contributed by atoms with Crippen molar-refractivity contribution >= 4 is 26.8 Å². The predicted octanol–water partition coefficient (Wildman–Crippen LogP) is 4.61. The highest BCUT2D eigenvalue weighted by Crippen LogP contribution is 2.30. The van der Waals surface area contributed by atoms with E-state index in [1.807, 2.05) is 31.4 Å². The van der Waals surface area contributed by atoms with Gasteiger partial charge in [0, 0.05) is 16.1 Å². The number of benzene rings is 2. The topological polar surface area (TPSA) is 24.9 Å². The Morgan fingerprint density at radius 2 is 1.90 bits per heavy atom. The lowest BCUT2D eigenvalue weighted by molar-refractivity contribution is 0.686. The molecule has 0 saturated carbocycles. The van der Waals surface area contributed by atoms with E-state index < -0.39 is 0 Å². The van der Waals surface area contributed by atoms with E-state index in [-0.39, 0.29) is 6.04 Å². The van der Waals surface area contributed by atoms with Gasteiger partial charge in [0.25, 0.3) is 0 Å². The molecule has 2 nitrogen and oxygen atoms in total. The number of nitrogens with one attached hydrogen (secondary N) is 1. The highest BCUT2D eigenvalue weighted by atomic mass is 79.9. The van der Waals surface area contributed by atoms with Crippen LogP contribution in [-0.2, 0) is 0 Å². The van der Waals surface area contributed by atoms with Gasteiger partial charge < -0.3 is 5.32 Å². The van der Waals surface area contributed by atoms with Gasteiger partial charge in [0.2, 0.25) is 0 Å². The lowest BCUT2D eigenvalue weighted by Crippen LogP contribution is -2.18. The number of hydrogen-bond acceptors (Lipinski definition) is 2. The summed E-state index contributed by atoms with van der Waals surface area (Å²) in [5.41, 5.74) is 4.68. The first-order valence-corrected chi connectivity index (χ1v) is 7.76. The van der Waals surface area contributed by atoms with Crippen LogP contribution in [0.5, 0.6) is 0 Å². The zero-order valence-corrected chi connectivity index (χ0v) is 13.7. The molecule has 0 bridgehead atoms. The fraction of sp³-hybridized carbons (Fsp3) is 0.167. The third kappa shape index (κ3) is 2.85. The molecule has 0 fully saturated rings. The van der Waals surface area contributed by atoms with E-state index >= 15 is 0 Å². The van der Waals surface area contributed by atoms with Crippen molar-refractivity contribution in [1.82, 2.24) is 10.3 Å². The number of para-hydroxylation sites is 1. The summed E-state index contributed by atoms with van der Waals surface area (Å²) in [6.45, 7) is 2.11. The van der Waals surface area contributed by atoms with E-state index in [1.54, 1.807) is 0 Å². The van der Waals surface area contributed by atoms with Crippen molar-refractivity contribution in [3.05, 3.63) is 75.9 Å². The van der Waals surface area contributed by atoms with Gasteiger partial charge in [-0.15, -0.1) is 0 Å². The minimum absolute atomic E-state index is 0.122. The second-order valence-electron chi connectivity index (χ2n) is 5.21. The predicted molar refractivity (Wildman–Crippen MR) is 91.5 cm³/mol. The number of rotatable bonds is 3. The molecule has 3 aromatic rings. The standard InChI is InChI=1S/C18H17BrN2/c1-12-7-8-16(19)15(9-12)18(20-2)14-10-13-5-3-4-6-17(13)21-11-14/h3-11,18,20H,1-2H3. The van der Waals surface area contributed by atoms with Crippen molar-refractivity contribution < 1.29 is 0 Å². The van der Waals surface area contributed by atoms with Gasteiger partial charge >= 0.3 is 0 Å². The summed E-state index contributed by atoms with van der Waals surface area (Å²) in [4.78, 5) is 4.57. The monoisotopic (exact) mass is 340 g/mol. The molecule has 0 spiro atoms.